The summed E-state index contributed by atoms with van der Waals surface area (Å²) in [6, 6.07) is 7.58. The Bertz CT molecular complexity index is 499. The van der Waals surface area contributed by atoms with Crippen LogP contribution in [0.4, 0.5) is 5.13 Å². The minimum atomic E-state index is 0.524. The zero-order valence-electron chi connectivity index (χ0n) is 10.5. The van der Waals surface area contributed by atoms with Crippen molar-refractivity contribution in [3.8, 4) is 11.5 Å². The number of methoxy groups -OCH3 is 1. The molecule has 1 heterocycles. The largest absolute Gasteiger partial charge is 0.497 e. The number of anilines is 1. The van der Waals surface area contributed by atoms with Crippen LogP contribution in [0.15, 0.2) is 30.5 Å². The van der Waals surface area contributed by atoms with E-state index in [1.165, 1.54) is 0 Å². The standard InChI is InChI=1S/C13H16N2O2S/c1-3-14-13-15-8-12(18-13)9-17-11-6-4-5-10(7-11)16-2/h4-8H,3,9H2,1-2H3,(H,14,15). The van der Waals surface area contributed by atoms with Crippen LogP contribution in [0.1, 0.15) is 11.8 Å². The van der Waals surface area contributed by atoms with Gasteiger partial charge in [0.15, 0.2) is 5.13 Å². The van der Waals surface area contributed by atoms with Crippen LogP contribution >= 0.6 is 11.3 Å². The average molecular weight is 264 g/mol. The van der Waals surface area contributed by atoms with Gasteiger partial charge in [0.25, 0.3) is 0 Å². The summed E-state index contributed by atoms with van der Waals surface area (Å²) in [5.74, 6) is 1.60. The van der Waals surface area contributed by atoms with Crippen molar-refractivity contribution in [2.75, 3.05) is 19.0 Å². The van der Waals surface area contributed by atoms with Crippen LogP contribution in [0.2, 0.25) is 0 Å². The summed E-state index contributed by atoms with van der Waals surface area (Å²) in [6.07, 6.45) is 1.84. The first-order chi connectivity index (χ1) is 8.81. The summed E-state index contributed by atoms with van der Waals surface area (Å²) < 4.78 is 10.8. The highest BCUT2D eigenvalue weighted by atomic mass is 32.1. The van der Waals surface area contributed by atoms with Crippen LogP contribution < -0.4 is 14.8 Å². The highest BCUT2D eigenvalue weighted by Crippen LogP contribution is 2.22. The first-order valence-electron chi connectivity index (χ1n) is 5.77. The molecule has 1 aromatic heterocycles. The minimum Gasteiger partial charge on any atom is -0.497 e. The molecule has 2 rings (SSSR count). The lowest BCUT2D eigenvalue weighted by molar-refractivity contribution is 0.307. The van der Waals surface area contributed by atoms with E-state index in [4.69, 9.17) is 9.47 Å². The maximum Gasteiger partial charge on any atom is 0.182 e. The van der Waals surface area contributed by atoms with E-state index in [2.05, 4.69) is 10.3 Å². The van der Waals surface area contributed by atoms with Crippen molar-refractivity contribution in [1.29, 1.82) is 0 Å². The Morgan fingerprint density at radius 3 is 2.94 bits per heavy atom. The van der Waals surface area contributed by atoms with E-state index in [1.807, 2.05) is 37.4 Å². The Morgan fingerprint density at radius 1 is 1.33 bits per heavy atom. The van der Waals surface area contributed by atoms with Crippen molar-refractivity contribution in [2.24, 2.45) is 0 Å². The molecule has 4 nitrogen and oxygen atoms in total. The summed E-state index contributed by atoms with van der Waals surface area (Å²) in [5.41, 5.74) is 0. The number of nitrogens with zero attached hydrogens (tertiary/aromatic N) is 1. The van der Waals surface area contributed by atoms with Crippen molar-refractivity contribution in [3.63, 3.8) is 0 Å². The molecule has 5 heteroatoms. The molecule has 0 spiro atoms. The molecule has 18 heavy (non-hydrogen) atoms. The first kappa shape index (κ1) is 12.7. The number of nitrogens with one attached hydrogen (secondary N) is 1. The maximum absolute atomic E-state index is 5.69. The molecule has 2 aromatic rings. The lowest BCUT2D eigenvalue weighted by Crippen LogP contribution is -1.94. The number of thiazole rings is 1. The van der Waals surface area contributed by atoms with Gasteiger partial charge < -0.3 is 14.8 Å². The second-order valence-corrected chi connectivity index (χ2v) is 4.74. The first-order valence-corrected chi connectivity index (χ1v) is 6.59. The highest BCUT2D eigenvalue weighted by Gasteiger charge is 2.02. The molecule has 0 aliphatic heterocycles. The van der Waals surface area contributed by atoms with Gasteiger partial charge in [-0.2, -0.15) is 0 Å². The van der Waals surface area contributed by atoms with Crippen molar-refractivity contribution in [2.45, 2.75) is 13.5 Å². The molecule has 0 aliphatic carbocycles. The zero-order chi connectivity index (χ0) is 12.8. The van der Waals surface area contributed by atoms with E-state index in [-0.39, 0.29) is 0 Å². The molecule has 0 atom stereocenters. The third-order valence-corrected chi connectivity index (χ3v) is 3.23. The van der Waals surface area contributed by atoms with Gasteiger partial charge >= 0.3 is 0 Å². The molecule has 0 unspecified atom stereocenters. The van der Waals surface area contributed by atoms with E-state index in [9.17, 15) is 0 Å². The van der Waals surface area contributed by atoms with E-state index in [0.29, 0.717) is 6.61 Å². The molecular weight excluding hydrogens is 248 g/mol. The van der Waals surface area contributed by atoms with E-state index < -0.39 is 0 Å². The number of rotatable bonds is 6. The van der Waals surface area contributed by atoms with Crippen molar-refractivity contribution < 1.29 is 9.47 Å². The molecule has 96 valence electrons. The normalized spacial score (nSPS) is 10.1. The van der Waals surface area contributed by atoms with E-state index in [1.54, 1.807) is 18.4 Å². The van der Waals surface area contributed by atoms with Crippen LogP contribution in [0, 0.1) is 0 Å². The Morgan fingerprint density at radius 2 is 2.17 bits per heavy atom. The van der Waals surface area contributed by atoms with Gasteiger partial charge in [-0.05, 0) is 19.1 Å². The summed E-state index contributed by atoms with van der Waals surface area (Å²) in [6.45, 7) is 3.45. The molecule has 0 radical (unpaired) electrons. The second-order valence-electron chi connectivity index (χ2n) is 3.63. The average Bonchev–Trinajstić information content (AvgIpc) is 2.85. The highest BCUT2D eigenvalue weighted by molar-refractivity contribution is 7.15. The zero-order valence-corrected chi connectivity index (χ0v) is 11.3. The van der Waals surface area contributed by atoms with Gasteiger partial charge in [-0.3, -0.25) is 0 Å². The SMILES string of the molecule is CCNc1ncc(COc2cccc(OC)c2)s1. The molecule has 1 N–H and O–H groups in total. The molecule has 0 amide bonds. The van der Waals surface area contributed by atoms with Crippen LogP contribution in [-0.2, 0) is 6.61 Å². The monoisotopic (exact) mass is 264 g/mol. The Hall–Kier alpha value is -1.75. The van der Waals surface area contributed by atoms with Gasteiger partial charge in [-0.25, -0.2) is 4.98 Å². The van der Waals surface area contributed by atoms with Gasteiger partial charge in [0, 0.05) is 18.8 Å². The minimum absolute atomic E-state index is 0.524. The number of ether oxygens (including phenoxy) is 2. The predicted molar refractivity (Wildman–Crippen MR) is 73.6 cm³/mol. The summed E-state index contributed by atoms with van der Waals surface area (Å²) in [4.78, 5) is 5.35. The number of aromatic nitrogens is 1. The summed E-state index contributed by atoms with van der Waals surface area (Å²) in [7, 11) is 1.64. The molecule has 0 saturated carbocycles. The van der Waals surface area contributed by atoms with Crippen LogP contribution in [0.5, 0.6) is 11.5 Å². The smallest absolute Gasteiger partial charge is 0.182 e. The van der Waals surface area contributed by atoms with Gasteiger partial charge in [0.05, 0.1) is 12.0 Å². The Kier molecular flexibility index (Phi) is 4.41. The number of hydrogen-bond donors (Lipinski definition) is 1. The van der Waals surface area contributed by atoms with Gasteiger partial charge in [-0.15, -0.1) is 0 Å². The molecular formula is C13H16N2O2S. The number of hydrogen-bond acceptors (Lipinski definition) is 5. The summed E-state index contributed by atoms with van der Waals surface area (Å²) in [5, 5.41) is 4.11. The Balaban J connectivity index is 1.93. The van der Waals surface area contributed by atoms with Gasteiger partial charge in [0.1, 0.15) is 18.1 Å². The predicted octanol–water partition coefficient (Wildman–Crippen LogP) is 3.16. The van der Waals surface area contributed by atoms with Crippen LogP contribution in [-0.4, -0.2) is 18.6 Å². The third-order valence-electron chi connectivity index (χ3n) is 2.30. The summed E-state index contributed by atoms with van der Waals surface area (Å²) >= 11 is 1.61. The topological polar surface area (TPSA) is 43.4 Å². The van der Waals surface area contributed by atoms with Crippen LogP contribution in [0.3, 0.4) is 0 Å². The van der Waals surface area contributed by atoms with E-state index >= 15 is 0 Å². The fraction of sp³-hybridized carbons (Fsp3) is 0.308. The van der Waals surface area contributed by atoms with Gasteiger partial charge in [0.2, 0.25) is 0 Å². The molecule has 0 fully saturated rings. The lowest BCUT2D eigenvalue weighted by atomic mass is 10.3. The molecule has 0 aliphatic rings. The fourth-order valence-electron chi connectivity index (χ4n) is 1.45. The molecule has 0 bridgehead atoms. The van der Waals surface area contributed by atoms with Crippen molar-refractivity contribution in [1.82, 2.24) is 4.98 Å². The van der Waals surface area contributed by atoms with Crippen molar-refractivity contribution >= 4 is 16.5 Å². The molecule has 0 saturated heterocycles. The fourth-order valence-corrected chi connectivity index (χ4v) is 2.25. The lowest BCUT2D eigenvalue weighted by Gasteiger charge is -2.05. The molecule has 1 aromatic carbocycles. The third kappa shape index (κ3) is 3.37. The van der Waals surface area contributed by atoms with E-state index in [0.717, 1.165) is 28.1 Å². The Labute approximate surface area is 111 Å². The number of benzene rings is 1. The van der Waals surface area contributed by atoms with Crippen LogP contribution in [0.25, 0.3) is 0 Å². The maximum atomic E-state index is 5.69. The van der Waals surface area contributed by atoms with Crippen molar-refractivity contribution in [3.05, 3.63) is 35.3 Å². The second kappa shape index (κ2) is 6.26. The van der Waals surface area contributed by atoms with Gasteiger partial charge in [-0.1, -0.05) is 17.4 Å². The quantitative estimate of drug-likeness (QED) is 0.870.